The molecule has 3 heterocycles. The van der Waals surface area contributed by atoms with Gasteiger partial charge in [-0.05, 0) is 18.2 Å². The summed E-state index contributed by atoms with van der Waals surface area (Å²) in [6.45, 7) is 2.24. The number of esters is 3. The Morgan fingerprint density at radius 1 is 1.06 bits per heavy atom. The first-order chi connectivity index (χ1) is 14.7. The van der Waals surface area contributed by atoms with Crippen LogP contribution in [-0.4, -0.2) is 54.8 Å². The monoisotopic (exact) mass is 429 g/mol. The van der Waals surface area contributed by atoms with Crippen molar-refractivity contribution >= 4 is 35.4 Å². The van der Waals surface area contributed by atoms with Crippen molar-refractivity contribution in [1.29, 1.82) is 0 Å². The van der Waals surface area contributed by atoms with E-state index in [0.717, 1.165) is 18.7 Å². The number of imide groups is 1. The molecule has 0 spiro atoms. The van der Waals surface area contributed by atoms with Gasteiger partial charge in [0, 0.05) is 13.8 Å². The van der Waals surface area contributed by atoms with Gasteiger partial charge in [0.2, 0.25) is 11.8 Å². The highest BCUT2D eigenvalue weighted by Crippen LogP contribution is 2.55. The van der Waals surface area contributed by atoms with Crippen molar-refractivity contribution in [2.75, 3.05) is 12.0 Å². The number of nitrogens with zero attached hydrogens (tertiary/aromatic N) is 1. The van der Waals surface area contributed by atoms with E-state index < -0.39 is 59.6 Å². The maximum atomic E-state index is 13.5. The molecule has 0 N–H and O–H groups in total. The number of anilines is 1. The summed E-state index contributed by atoms with van der Waals surface area (Å²) in [5.41, 5.74) is -1.54. The van der Waals surface area contributed by atoms with Crippen LogP contribution in [0.5, 0.6) is 0 Å². The summed E-state index contributed by atoms with van der Waals surface area (Å²) >= 11 is 0. The van der Waals surface area contributed by atoms with Crippen molar-refractivity contribution in [3.8, 4) is 0 Å². The summed E-state index contributed by atoms with van der Waals surface area (Å²) in [6, 6.07) is 6.06. The van der Waals surface area contributed by atoms with Gasteiger partial charge in [-0.15, -0.1) is 0 Å². The van der Waals surface area contributed by atoms with Crippen LogP contribution in [0.25, 0.3) is 0 Å². The van der Waals surface area contributed by atoms with Crippen molar-refractivity contribution in [3.63, 3.8) is 0 Å². The molecular weight excluding hydrogens is 410 g/mol. The molecule has 3 aliphatic heterocycles. The van der Waals surface area contributed by atoms with Crippen molar-refractivity contribution in [2.24, 2.45) is 11.8 Å². The minimum atomic E-state index is -1.66. The topological polar surface area (TPSA) is 126 Å². The van der Waals surface area contributed by atoms with Crippen molar-refractivity contribution in [1.82, 2.24) is 0 Å². The number of carbonyl (C=O) groups is 5. The molecule has 2 saturated heterocycles. The molecule has 2 amide bonds. The van der Waals surface area contributed by atoms with Crippen molar-refractivity contribution in [3.05, 3.63) is 42.0 Å². The van der Waals surface area contributed by atoms with Crippen molar-refractivity contribution in [2.45, 2.75) is 31.8 Å². The normalized spacial score (nSPS) is 28.1. The first-order valence-corrected chi connectivity index (χ1v) is 9.48. The highest BCUT2D eigenvalue weighted by molar-refractivity contribution is 6.25. The largest absolute Gasteiger partial charge is 0.465 e. The molecule has 31 heavy (non-hydrogen) atoms. The lowest BCUT2D eigenvalue weighted by molar-refractivity contribution is -0.226. The van der Waals surface area contributed by atoms with Crippen LogP contribution < -0.4 is 4.90 Å². The molecule has 2 fully saturated rings. The molecule has 10 heteroatoms. The molecule has 4 atom stereocenters. The summed E-state index contributed by atoms with van der Waals surface area (Å²) in [5, 5.41) is 0. The molecule has 3 aliphatic rings. The van der Waals surface area contributed by atoms with E-state index in [-0.39, 0.29) is 11.3 Å². The minimum Gasteiger partial charge on any atom is -0.465 e. The Balaban J connectivity index is 1.77. The second-order valence-corrected chi connectivity index (χ2v) is 7.37. The van der Waals surface area contributed by atoms with Crippen LogP contribution in [0, 0.1) is 11.8 Å². The van der Waals surface area contributed by atoms with Gasteiger partial charge >= 0.3 is 17.9 Å². The van der Waals surface area contributed by atoms with Gasteiger partial charge in [0.05, 0.1) is 36.3 Å². The highest BCUT2D eigenvalue weighted by Gasteiger charge is 2.72. The minimum absolute atomic E-state index is 0.0402. The molecular formula is C21H19NO9. The molecule has 2 bridgehead atoms. The predicted octanol–water partition coefficient (Wildman–Crippen LogP) is 0.738. The molecule has 0 saturated carbocycles. The summed E-state index contributed by atoms with van der Waals surface area (Å²) < 4.78 is 21.0. The van der Waals surface area contributed by atoms with Crippen LogP contribution in [0.3, 0.4) is 0 Å². The van der Waals surface area contributed by atoms with Gasteiger partial charge in [-0.25, -0.2) is 9.69 Å². The molecule has 10 nitrogen and oxygen atoms in total. The summed E-state index contributed by atoms with van der Waals surface area (Å²) in [5.74, 6) is -5.52. The van der Waals surface area contributed by atoms with Gasteiger partial charge in [-0.3, -0.25) is 19.2 Å². The zero-order chi connectivity index (χ0) is 22.5. The molecule has 0 aromatic heterocycles. The number of carbonyl (C=O) groups excluding carboxylic acids is 5. The fraction of sp³-hybridized carbons (Fsp3) is 0.381. The molecule has 1 aromatic carbocycles. The van der Waals surface area contributed by atoms with E-state index in [1.165, 1.54) is 25.3 Å². The predicted molar refractivity (Wildman–Crippen MR) is 101 cm³/mol. The van der Waals surface area contributed by atoms with E-state index >= 15 is 0 Å². The maximum absolute atomic E-state index is 13.5. The fourth-order valence-electron chi connectivity index (χ4n) is 4.41. The molecule has 4 rings (SSSR count). The van der Waals surface area contributed by atoms with Crippen LogP contribution in [0.4, 0.5) is 5.69 Å². The third kappa shape index (κ3) is 3.02. The van der Waals surface area contributed by atoms with Gasteiger partial charge in [0.1, 0.15) is 0 Å². The van der Waals surface area contributed by atoms with E-state index in [9.17, 15) is 24.0 Å². The van der Waals surface area contributed by atoms with Gasteiger partial charge in [0.15, 0.2) is 5.60 Å². The number of methoxy groups -OCH3 is 1. The van der Waals surface area contributed by atoms with Crippen LogP contribution in [0.2, 0.25) is 0 Å². The Bertz CT molecular complexity index is 1020. The average molecular weight is 429 g/mol. The fourth-order valence-corrected chi connectivity index (χ4v) is 4.41. The summed E-state index contributed by atoms with van der Waals surface area (Å²) in [4.78, 5) is 63.1. The van der Waals surface area contributed by atoms with Crippen LogP contribution in [-0.2, 0) is 38.1 Å². The van der Waals surface area contributed by atoms with Gasteiger partial charge in [0.25, 0.3) is 6.29 Å². The average Bonchev–Trinajstić information content (AvgIpc) is 3.37. The van der Waals surface area contributed by atoms with E-state index in [1.54, 1.807) is 18.2 Å². The lowest BCUT2D eigenvalue weighted by atomic mass is 9.76. The van der Waals surface area contributed by atoms with E-state index in [4.69, 9.17) is 18.9 Å². The zero-order valence-electron chi connectivity index (χ0n) is 16.9. The third-order valence-corrected chi connectivity index (χ3v) is 5.54. The number of amides is 2. The molecule has 0 radical (unpaired) electrons. The Labute approximate surface area is 176 Å². The molecule has 0 aliphatic carbocycles. The lowest BCUT2D eigenvalue weighted by Crippen LogP contribution is -2.52. The first-order valence-electron chi connectivity index (χ1n) is 9.48. The Morgan fingerprint density at radius 2 is 1.71 bits per heavy atom. The second kappa shape index (κ2) is 7.31. The van der Waals surface area contributed by atoms with Crippen molar-refractivity contribution < 1.29 is 42.9 Å². The van der Waals surface area contributed by atoms with Crippen LogP contribution in [0.1, 0.15) is 24.2 Å². The number of rotatable bonds is 5. The summed E-state index contributed by atoms with van der Waals surface area (Å²) in [6.07, 6.45) is 0.704. The SMILES string of the molecule is COC(=O)c1ccccc1N1C(=O)[C@@H]2[C@H]3C=C[C@@](C(OC(C)=O)OC(C)=O)(O3)[C@H]2C1=O. The Morgan fingerprint density at radius 3 is 2.32 bits per heavy atom. The van der Waals surface area contributed by atoms with Crippen LogP contribution >= 0.6 is 0 Å². The van der Waals surface area contributed by atoms with Gasteiger partial charge in [-0.1, -0.05) is 18.2 Å². The standard InChI is InChI=1S/C21H19NO9/c1-10(23)29-20(30-11(2)24)21-9-8-14(31-21)15-16(21)18(26)22(17(15)25)13-7-5-4-6-12(13)19(27)28-3/h4-9,14-16,20H,1-3H3/t14-,15-,16-,21-/m1/s1. The molecule has 0 unspecified atom stereocenters. The number of fused-ring (bicyclic) bond motifs is 5. The highest BCUT2D eigenvalue weighted by atomic mass is 16.7. The Kier molecular flexibility index (Phi) is 4.89. The van der Waals surface area contributed by atoms with E-state index in [1.807, 2.05) is 0 Å². The quantitative estimate of drug-likeness (QED) is 0.288. The van der Waals surface area contributed by atoms with Crippen LogP contribution in [0.15, 0.2) is 36.4 Å². The number of ether oxygens (including phenoxy) is 4. The molecule has 1 aromatic rings. The number of hydrogen-bond acceptors (Lipinski definition) is 9. The lowest BCUT2D eigenvalue weighted by Gasteiger charge is -2.34. The smallest absolute Gasteiger partial charge is 0.339 e. The molecule has 162 valence electrons. The maximum Gasteiger partial charge on any atom is 0.339 e. The van der Waals surface area contributed by atoms with E-state index in [0.29, 0.717) is 0 Å². The number of para-hydroxylation sites is 1. The van der Waals surface area contributed by atoms with E-state index in [2.05, 4.69) is 0 Å². The third-order valence-electron chi connectivity index (χ3n) is 5.54. The number of benzene rings is 1. The zero-order valence-corrected chi connectivity index (χ0v) is 16.9. The Hall–Kier alpha value is -3.53. The number of hydrogen-bond donors (Lipinski definition) is 0. The second-order valence-electron chi connectivity index (χ2n) is 7.37. The van der Waals surface area contributed by atoms with Gasteiger partial charge < -0.3 is 18.9 Å². The summed E-state index contributed by atoms with van der Waals surface area (Å²) in [7, 11) is 1.19. The first kappa shape index (κ1) is 20.7. The van der Waals surface area contributed by atoms with Gasteiger partial charge in [-0.2, -0.15) is 0 Å².